The lowest BCUT2D eigenvalue weighted by Crippen LogP contribution is -2.44. The van der Waals surface area contributed by atoms with Crippen molar-refractivity contribution in [2.45, 2.75) is 18.9 Å². The van der Waals surface area contributed by atoms with Gasteiger partial charge in [0.15, 0.2) is 0 Å². The summed E-state index contributed by atoms with van der Waals surface area (Å²) in [7, 11) is 0. The molecule has 4 nitrogen and oxygen atoms in total. The quantitative estimate of drug-likeness (QED) is 0.783. The van der Waals surface area contributed by atoms with Crippen molar-refractivity contribution in [3.8, 4) is 0 Å². The Morgan fingerprint density at radius 2 is 1.84 bits per heavy atom. The first-order chi connectivity index (χ1) is 12.2. The lowest BCUT2D eigenvalue weighted by Gasteiger charge is -2.32. The molecule has 0 bridgehead atoms. The average Bonchev–Trinajstić information content (AvgIpc) is 2.66. The highest BCUT2D eigenvalue weighted by atomic mass is 19.1. The number of piperidine rings is 1. The van der Waals surface area contributed by atoms with Gasteiger partial charge in [-0.05, 0) is 48.1 Å². The van der Waals surface area contributed by atoms with Gasteiger partial charge >= 0.3 is 6.03 Å². The number of hydrogen-bond acceptors (Lipinski definition) is 2. The van der Waals surface area contributed by atoms with Crippen molar-refractivity contribution >= 4 is 6.03 Å². The molecule has 0 radical (unpaired) electrons. The Balaban J connectivity index is 1.51. The van der Waals surface area contributed by atoms with Gasteiger partial charge in [0, 0.05) is 19.6 Å². The summed E-state index contributed by atoms with van der Waals surface area (Å²) in [5.41, 5.74) is 2.21. The van der Waals surface area contributed by atoms with E-state index in [0.29, 0.717) is 24.9 Å². The fourth-order valence-corrected chi connectivity index (χ4v) is 3.35. The lowest BCUT2D eigenvalue weighted by molar-refractivity contribution is 0.234. The topological polar surface area (TPSA) is 53.2 Å². The van der Waals surface area contributed by atoms with Gasteiger partial charge in [-0.1, -0.05) is 42.5 Å². The van der Waals surface area contributed by atoms with Crippen molar-refractivity contribution in [2.24, 2.45) is 5.92 Å². The summed E-state index contributed by atoms with van der Waals surface area (Å²) in [6, 6.07) is 16.4. The number of halogens is 1. The van der Waals surface area contributed by atoms with Gasteiger partial charge in [0.1, 0.15) is 5.82 Å². The van der Waals surface area contributed by atoms with E-state index >= 15 is 0 Å². The molecule has 1 saturated heterocycles. The first-order valence-electron chi connectivity index (χ1n) is 8.74. The number of carbonyl (C=O) groups excluding carboxylic acids is 1. The fraction of sp³-hybridized carbons (Fsp3) is 0.350. The predicted molar refractivity (Wildman–Crippen MR) is 96.8 cm³/mol. The van der Waals surface area contributed by atoms with Crippen LogP contribution >= 0.6 is 0 Å². The van der Waals surface area contributed by atoms with Gasteiger partial charge in [0.05, 0.1) is 0 Å². The van der Waals surface area contributed by atoms with Crippen molar-refractivity contribution in [3.05, 3.63) is 71.5 Å². The Morgan fingerprint density at radius 1 is 1.08 bits per heavy atom. The highest BCUT2D eigenvalue weighted by Crippen LogP contribution is 2.30. The molecule has 0 aromatic heterocycles. The van der Waals surface area contributed by atoms with E-state index in [-0.39, 0.29) is 11.8 Å². The molecule has 2 aromatic rings. The van der Waals surface area contributed by atoms with E-state index in [1.165, 1.54) is 12.1 Å². The van der Waals surface area contributed by atoms with Gasteiger partial charge in [-0.2, -0.15) is 0 Å². The van der Waals surface area contributed by atoms with Crippen LogP contribution in [-0.2, 0) is 6.54 Å². The first-order valence-corrected chi connectivity index (χ1v) is 8.74. The molecule has 2 amide bonds. The normalized spacial score (nSPS) is 20.0. The Kier molecular flexibility index (Phi) is 6.01. The molecule has 1 aliphatic heterocycles. The number of carbonyl (C=O) groups is 1. The molecule has 25 heavy (non-hydrogen) atoms. The van der Waals surface area contributed by atoms with Gasteiger partial charge in [-0.15, -0.1) is 0 Å². The monoisotopic (exact) mass is 341 g/mol. The summed E-state index contributed by atoms with van der Waals surface area (Å²) in [4.78, 5) is 12.1. The van der Waals surface area contributed by atoms with Crippen LogP contribution in [0.15, 0.2) is 54.6 Å². The van der Waals surface area contributed by atoms with E-state index in [1.807, 2.05) is 42.5 Å². The summed E-state index contributed by atoms with van der Waals surface area (Å²) in [6.07, 6.45) is 0.990. The maximum atomic E-state index is 13.2. The van der Waals surface area contributed by atoms with Gasteiger partial charge in [0.25, 0.3) is 0 Å². The number of hydrogen-bond donors (Lipinski definition) is 3. The minimum absolute atomic E-state index is 0.160. The molecule has 5 heteroatoms. The SMILES string of the molecule is O=C(NCc1ccccc1)NC[C@H]1CNCC[C@H]1c1ccc(F)cc1. The minimum atomic E-state index is -0.215. The number of benzene rings is 2. The zero-order valence-electron chi connectivity index (χ0n) is 14.2. The molecular formula is C20H24FN3O. The zero-order chi connectivity index (χ0) is 17.5. The number of nitrogens with one attached hydrogen (secondary N) is 3. The van der Waals surface area contributed by atoms with Crippen molar-refractivity contribution in [2.75, 3.05) is 19.6 Å². The van der Waals surface area contributed by atoms with Gasteiger partial charge in [-0.25, -0.2) is 9.18 Å². The second-order valence-electron chi connectivity index (χ2n) is 6.46. The second kappa shape index (κ2) is 8.62. The molecule has 2 atom stereocenters. The average molecular weight is 341 g/mol. The summed E-state index contributed by atoms with van der Waals surface area (Å²) < 4.78 is 13.2. The Hall–Kier alpha value is -2.40. The molecule has 132 valence electrons. The van der Waals surface area contributed by atoms with Gasteiger partial charge in [0.2, 0.25) is 0 Å². The molecule has 1 heterocycles. The van der Waals surface area contributed by atoms with E-state index in [2.05, 4.69) is 16.0 Å². The fourth-order valence-electron chi connectivity index (χ4n) is 3.35. The van der Waals surface area contributed by atoms with Crippen LogP contribution in [0.2, 0.25) is 0 Å². The van der Waals surface area contributed by atoms with Crippen molar-refractivity contribution in [1.29, 1.82) is 0 Å². The summed E-state index contributed by atoms with van der Waals surface area (Å²) in [5.74, 6) is 0.408. The van der Waals surface area contributed by atoms with Crippen molar-refractivity contribution < 1.29 is 9.18 Å². The van der Waals surface area contributed by atoms with E-state index in [9.17, 15) is 9.18 Å². The molecule has 3 N–H and O–H groups in total. The van der Waals surface area contributed by atoms with Crippen LogP contribution in [0.25, 0.3) is 0 Å². The third-order valence-electron chi connectivity index (χ3n) is 4.73. The molecule has 0 unspecified atom stereocenters. The second-order valence-corrected chi connectivity index (χ2v) is 6.46. The highest BCUT2D eigenvalue weighted by Gasteiger charge is 2.26. The zero-order valence-corrected chi connectivity index (χ0v) is 14.2. The first kappa shape index (κ1) is 17.4. The van der Waals surface area contributed by atoms with E-state index in [1.54, 1.807) is 0 Å². The molecular weight excluding hydrogens is 317 g/mol. The van der Waals surface area contributed by atoms with E-state index in [0.717, 1.165) is 30.6 Å². The molecule has 2 aromatic carbocycles. The van der Waals surface area contributed by atoms with Crippen LogP contribution < -0.4 is 16.0 Å². The van der Waals surface area contributed by atoms with E-state index < -0.39 is 0 Å². The predicted octanol–water partition coefficient (Wildman–Crippen LogP) is 3.02. The largest absolute Gasteiger partial charge is 0.338 e. The molecule has 0 aliphatic carbocycles. The standard InChI is InChI=1S/C20H24FN3O/c21-18-8-6-16(7-9-18)19-10-11-22-13-17(19)14-24-20(25)23-12-15-4-2-1-3-5-15/h1-9,17,19,22H,10-14H2,(H2,23,24,25)/t17-,19+/m1/s1. The number of urea groups is 1. The lowest BCUT2D eigenvalue weighted by atomic mass is 9.81. The number of amides is 2. The molecule has 0 spiro atoms. The summed E-state index contributed by atoms with van der Waals surface area (Å²) in [5, 5.41) is 9.23. The minimum Gasteiger partial charge on any atom is -0.338 e. The van der Waals surface area contributed by atoms with Crippen LogP contribution in [0.3, 0.4) is 0 Å². The number of rotatable bonds is 5. The summed E-state index contributed by atoms with van der Waals surface area (Å²) in [6.45, 7) is 2.90. The van der Waals surface area contributed by atoms with Gasteiger partial charge < -0.3 is 16.0 Å². The van der Waals surface area contributed by atoms with Crippen LogP contribution in [0.5, 0.6) is 0 Å². The van der Waals surface area contributed by atoms with Crippen LogP contribution in [0.4, 0.5) is 9.18 Å². The van der Waals surface area contributed by atoms with Crippen molar-refractivity contribution in [1.82, 2.24) is 16.0 Å². The maximum Gasteiger partial charge on any atom is 0.315 e. The third-order valence-corrected chi connectivity index (χ3v) is 4.73. The Bertz CT molecular complexity index is 675. The molecule has 0 saturated carbocycles. The van der Waals surface area contributed by atoms with E-state index in [4.69, 9.17) is 0 Å². The van der Waals surface area contributed by atoms with Crippen LogP contribution in [0, 0.1) is 11.7 Å². The Morgan fingerprint density at radius 3 is 2.60 bits per heavy atom. The Labute approximate surface area is 147 Å². The van der Waals surface area contributed by atoms with Crippen molar-refractivity contribution in [3.63, 3.8) is 0 Å². The van der Waals surface area contributed by atoms with Crippen LogP contribution in [-0.4, -0.2) is 25.7 Å². The molecule has 1 fully saturated rings. The smallest absolute Gasteiger partial charge is 0.315 e. The maximum absolute atomic E-state index is 13.2. The summed E-state index contributed by atoms with van der Waals surface area (Å²) >= 11 is 0. The molecule has 3 rings (SSSR count). The highest BCUT2D eigenvalue weighted by molar-refractivity contribution is 5.73. The van der Waals surface area contributed by atoms with Crippen LogP contribution in [0.1, 0.15) is 23.5 Å². The third kappa shape index (κ3) is 5.03. The van der Waals surface area contributed by atoms with Gasteiger partial charge in [-0.3, -0.25) is 0 Å². The molecule has 1 aliphatic rings.